The number of carboxylic acids is 1. The number of hydrogen-bond donors (Lipinski definition) is 8. The van der Waals surface area contributed by atoms with Crippen molar-refractivity contribution in [2.45, 2.75) is 32.4 Å². The van der Waals surface area contributed by atoms with Gasteiger partial charge in [-0.25, -0.2) is 4.79 Å². The lowest BCUT2D eigenvalue weighted by molar-refractivity contribution is -0.384. The smallest absolute Gasteiger partial charge is 0.335 e. The Morgan fingerprint density at radius 3 is 1.59 bits per heavy atom. The number of nitrogens with one attached hydrogen (secondary N) is 5. The van der Waals surface area contributed by atoms with Crippen molar-refractivity contribution >= 4 is 69.8 Å². The highest BCUT2D eigenvalue weighted by Crippen LogP contribution is 2.39. The number of nitrogens with zero attached hydrogens (tertiary/aromatic N) is 1. The van der Waals surface area contributed by atoms with E-state index in [1.165, 1.54) is 109 Å². The summed E-state index contributed by atoms with van der Waals surface area (Å²) in [4.78, 5) is 98.5. The summed E-state index contributed by atoms with van der Waals surface area (Å²) >= 11 is 0. The average molecular weight is 832 g/mol. The van der Waals surface area contributed by atoms with E-state index >= 15 is 0 Å². The molecule has 312 valence electrons. The van der Waals surface area contributed by atoms with E-state index in [4.69, 9.17) is 15.6 Å². The van der Waals surface area contributed by atoms with Gasteiger partial charge in [-0.1, -0.05) is 0 Å². The number of carbonyl (C=O) groups is 7. The minimum absolute atomic E-state index is 0.0145. The van der Waals surface area contributed by atoms with Crippen LogP contribution in [-0.4, -0.2) is 68.7 Å². The fraction of sp³-hybridized carbons (Fsp3) is 0.119. The second kappa shape index (κ2) is 19.2. The highest BCUT2D eigenvalue weighted by Gasteiger charge is 2.25. The Morgan fingerprint density at radius 1 is 0.639 bits per heavy atom. The Labute approximate surface area is 346 Å². The molecule has 0 spiro atoms. The van der Waals surface area contributed by atoms with Gasteiger partial charge in [0.05, 0.1) is 34.3 Å². The number of anilines is 4. The van der Waals surface area contributed by atoms with Gasteiger partial charge in [0.25, 0.3) is 29.3 Å². The Kier molecular flexibility index (Phi) is 13.7. The lowest BCUT2D eigenvalue weighted by Crippen LogP contribution is -2.46. The van der Waals surface area contributed by atoms with Crippen LogP contribution in [0.25, 0.3) is 0 Å². The summed E-state index contributed by atoms with van der Waals surface area (Å²) in [5.41, 5.74) is 6.13. The molecule has 0 aliphatic rings. The van der Waals surface area contributed by atoms with E-state index in [2.05, 4.69) is 26.6 Å². The highest BCUT2D eigenvalue weighted by molar-refractivity contribution is 6.10. The molecule has 9 N–H and O–H groups in total. The number of aromatic carboxylic acids is 1. The summed E-state index contributed by atoms with van der Waals surface area (Å²) < 4.78 is 5.76. The van der Waals surface area contributed by atoms with Crippen LogP contribution in [0.1, 0.15) is 72.1 Å². The molecule has 6 amide bonds. The fourth-order valence-electron chi connectivity index (χ4n) is 5.53. The molecule has 0 aliphatic heterocycles. The summed E-state index contributed by atoms with van der Waals surface area (Å²) in [6.45, 7) is 3.34. The number of carboxylic acid groups (broad SMARTS) is 1. The predicted octanol–water partition coefficient (Wildman–Crippen LogP) is 5.16. The zero-order chi connectivity index (χ0) is 44.4. The van der Waals surface area contributed by atoms with Gasteiger partial charge >= 0.3 is 5.97 Å². The van der Waals surface area contributed by atoms with Crippen molar-refractivity contribution in [3.8, 4) is 11.5 Å². The van der Waals surface area contributed by atoms with Crippen LogP contribution in [0, 0.1) is 10.1 Å². The van der Waals surface area contributed by atoms with Gasteiger partial charge in [0.15, 0.2) is 11.5 Å². The summed E-state index contributed by atoms with van der Waals surface area (Å²) in [5, 5.41) is 43.9. The van der Waals surface area contributed by atoms with Crippen LogP contribution < -0.4 is 37.1 Å². The third-order valence-corrected chi connectivity index (χ3v) is 8.55. The van der Waals surface area contributed by atoms with Crippen molar-refractivity contribution in [3.05, 3.63) is 147 Å². The molecule has 19 heteroatoms. The van der Waals surface area contributed by atoms with E-state index < -0.39 is 70.7 Å². The third kappa shape index (κ3) is 11.5. The van der Waals surface area contributed by atoms with Crippen LogP contribution in [-0.2, 0) is 9.59 Å². The molecule has 0 heterocycles. The molecule has 0 unspecified atom stereocenters. The second-order valence-electron chi connectivity index (χ2n) is 13.4. The van der Waals surface area contributed by atoms with Gasteiger partial charge < -0.3 is 47.3 Å². The van der Waals surface area contributed by atoms with Crippen molar-refractivity contribution in [2.24, 2.45) is 5.73 Å². The Hall–Kier alpha value is -8.61. The van der Waals surface area contributed by atoms with Crippen molar-refractivity contribution < 1.29 is 53.4 Å². The number of nitro groups is 1. The molecular formula is C42H37N7O12. The molecule has 0 fully saturated rings. The van der Waals surface area contributed by atoms with Crippen molar-refractivity contribution in [2.75, 3.05) is 21.3 Å². The van der Waals surface area contributed by atoms with Crippen LogP contribution in [0.4, 0.5) is 28.4 Å². The second-order valence-corrected chi connectivity index (χ2v) is 13.4. The van der Waals surface area contributed by atoms with Crippen molar-refractivity contribution in [3.63, 3.8) is 0 Å². The van der Waals surface area contributed by atoms with Gasteiger partial charge in [0.2, 0.25) is 11.8 Å². The first-order valence-electron chi connectivity index (χ1n) is 18.1. The number of primary amides is 1. The van der Waals surface area contributed by atoms with E-state index in [-0.39, 0.29) is 56.3 Å². The molecular weight excluding hydrogens is 794 g/mol. The number of aromatic hydroxyl groups is 1. The number of phenolic OH excluding ortho intramolecular Hbond substituents is 1. The summed E-state index contributed by atoms with van der Waals surface area (Å²) in [6, 6.07) is 22.6. The molecule has 0 bridgehead atoms. The number of ether oxygens (including phenoxy) is 1. The first kappa shape index (κ1) is 43.5. The predicted molar refractivity (Wildman–Crippen MR) is 221 cm³/mol. The van der Waals surface area contributed by atoms with Gasteiger partial charge in [-0.15, -0.1) is 0 Å². The quantitative estimate of drug-likeness (QED) is 0.0473. The number of hydrogen-bond acceptors (Lipinski definition) is 11. The third-order valence-electron chi connectivity index (χ3n) is 8.55. The van der Waals surface area contributed by atoms with Crippen LogP contribution in [0.15, 0.2) is 109 Å². The van der Waals surface area contributed by atoms with Crippen LogP contribution in [0.5, 0.6) is 11.5 Å². The maximum atomic E-state index is 13.3. The number of nitrogens with two attached hydrogens (primary N) is 1. The number of amides is 6. The topological polar surface area (TPSA) is 298 Å². The largest absolute Gasteiger partial charge is 0.504 e. The van der Waals surface area contributed by atoms with Gasteiger partial charge in [0.1, 0.15) is 6.04 Å². The number of rotatable bonds is 16. The Balaban J connectivity index is 1.21. The lowest BCUT2D eigenvalue weighted by Gasteiger charge is -2.19. The molecule has 19 nitrogen and oxygen atoms in total. The highest BCUT2D eigenvalue weighted by atomic mass is 16.6. The van der Waals surface area contributed by atoms with Gasteiger partial charge in [0, 0.05) is 45.9 Å². The summed E-state index contributed by atoms with van der Waals surface area (Å²) in [6.07, 6.45) is -1.05. The normalized spacial score (nSPS) is 11.1. The minimum atomic E-state index is -1.41. The molecule has 5 rings (SSSR count). The Morgan fingerprint density at radius 2 is 1.10 bits per heavy atom. The van der Waals surface area contributed by atoms with Crippen LogP contribution in [0.2, 0.25) is 0 Å². The maximum absolute atomic E-state index is 13.3. The van der Waals surface area contributed by atoms with E-state index in [9.17, 15) is 48.8 Å². The van der Waals surface area contributed by atoms with Gasteiger partial charge in [-0.05, 0) is 111 Å². The molecule has 0 saturated heterocycles. The standard InChI is InChI=1S/C42H37N7O12/c1-22(2)61-36-32(20-19-31(35(36)51)40(55)45-28-15-7-26(8-16-28)42(57)58)47-38(53)23-5-13-29(14-6-23)46-41(56)33(21-34(43)50)48-39(54)24-3-11-27(12-4-24)44-37(52)25-9-17-30(18-10-25)49(59)60/h3-20,22,33,51H,21H2,1-2H3,(H2,43,50)(H,44,52)(H,45,55)(H,46,56)(H,47,53)(H,48,54)(H,57,58)/t33-/m0/s1. The molecule has 5 aromatic rings. The van der Waals surface area contributed by atoms with Gasteiger partial charge in [-0.2, -0.15) is 0 Å². The number of non-ortho nitro benzene ring substituents is 1. The van der Waals surface area contributed by atoms with E-state index in [0.29, 0.717) is 5.69 Å². The molecule has 0 aromatic heterocycles. The number of carbonyl (C=O) groups excluding carboxylic acids is 6. The maximum Gasteiger partial charge on any atom is 0.335 e. The SMILES string of the molecule is CC(C)Oc1c(NC(=O)c2ccc(NC(=O)[C@H](CC(N)=O)NC(=O)c3ccc(NC(=O)c4ccc([N+](=O)[O-])cc4)cc3)cc2)ccc(C(=O)Nc2ccc(C(=O)O)cc2)c1O. The van der Waals surface area contributed by atoms with Gasteiger partial charge in [-0.3, -0.25) is 38.9 Å². The number of phenols is 1. The molecule has 0 aliphatic carbocycles. The average Bonchev–Trinajstić information content (AvgIpc) is 3.22. The van der Waals surface area contributed by atoms with Crippen molar-refractivity contribution in [1.82, 2.24) is 5.32 Å². The van der Waals surface area contributed by atoms with Crippen molar-refractivity contribution in [1.29, 1.82) is 0 Å². The molecule has 5 aromatic carbocycles. The molecule has 61 heavy (non-hydrogen) atoms. The minimum Gasteiger partial charge on any atom is -0.504 e. The first-order chi connectivity index (χ1) is 29.0. The molecule has 1 atom stereocenters. The molecule has 0 radical (unpaired) electrons. The summed E-state index contributed by atoms with van der Waals surface area (Å²) in [7, 11) is 0. The number of nitro benzene ring substituents is 1. The lowest BCUT2D eigenvalue weighted by atomic mass is 10.1. The fourth-order valence-corrected chi connectivity index (χ4v) is 5.53. The zero-order valence-corrected chi connectivity index (χ0v) is 32.3. The van der Waals surface area contributed by atoms with Crippen LogP contribution in [0.3, 0.4) is 0 Å². The summed E-state index contributed by atoms with van der Waals surface area (Å²) in [5.74, 6) is -6.26. The van der Waals surface area contributed by atoms with E-state index in [1.54, 1.807) is 13.8 Å². The molecule has 0 saturated carbocycles. The monoisotopic (exact) mass is 831 g/mol. The van der Waals surface area contributed by atoms with Crippen LogP contribution >= 0.6 is 0 Å². The van der Waals surface area contributed by atoms with E-state index in [1.807, 2.05) is 0 Å². The van der Waals surface area contributed by atoms with E-state index in [0.717, 1.165) is 0 Å². The zero-order valence-electron chi connectivity index (χ0n) is 32.3. The first-order valence-corrected chi connectivity index (χ1v) is 18.1. The number of benzene rings is 5. The Bertz CT molecular complexity index is 2510.